The number of carboxylic acids is 1. The molecule has 1 aromatic rings. The third-order valence-electron chi connectivity index (χ3n) is 1.71. The molecule has 0 fully saturated rings. The molecule has 0 aromatic heterocycles. The van der Waals surface area contributed by atoms with Gasteiger partial charge < -0.3 is 5.11 Å². The zero-order valence-corrected chi connectivity index (χ0v) is 7.43. The number of aliphatic imine (C=N–C) groups is 1. The Morgan fingerprint density at radius 3 is 2.93 bits per heavy atom. The number of hydrogen-bond acceptors (Lipinski definition) is 3. The van der Waals surface area contributed by atoms with Gasteiger partial charge in [-0.15, -0.1) is 0 Å². The highest BCUT2D eigenvalue weighted by molar-refractivity contribution is 5.67. The molecule has 0 spiro atoms. The van der Waals surface area contributed by atoms with E-state index >= 15 is 0 Å². The van der Waals surface area contributed by atoms with Gasteiger partial charge in [-0.1, -0.05) is 12.1 Å². The molecule has 4 nitrogen and oxygen atoms in total. The minimum absolute atomic E-state index is 0.0776. The lowest BCUT2D eigenvalue weighted by atomic mass is 10.1. The predicted molar refractivity (Wildman–Crippen MR) is 50.2 cm³/mol. The average Bonchev–Trinajstić information content (AvgIpc) is 2.16. The molecule has 0 amide bonds. The maximum Gasteiger partial charge on any atom is 0.303 e. The molecule has 4 heteroatoms. The van der Waals surface area contributed by atoms with Gasteiger partial charge in [0.05, 0.1) is 5.69 Å². The van der Waals surface area contributed by atoms with Crippen molar-refractivity contribution in [2.75, 3.05) is 0 Å². The van der Waals surface area contributed by atoms with Crippen molar-refractivity contribution in [3.8, 4) is 0 Å². The summed E-state index contributed by atoms with van der Waals surface area (Å²) in [6.45, 7) is 0. The van der Waals surface area contributed by atoms with E-state index in [0.29, 0.717) is 12.1 Å². The summed E-state index contributed by atoms with van der Waals surface area (Å²) in [6.07, 6.45) is 1.95. The number of benzene rings is 1. The van der Waals surface area contributed by atoms with Gasteiger partial charge in [0.1, 0.15) is 0 Å². The number of carbonyl (C=O) groups is 1. The first-order valence-electron chi connectivity index (χ1n) is 4.11. The first-order chi connectivity index (χ1) is 6.72. The Morgan fingerprint density at radius 2 is 2.29 bits per heavy atom. The molecular weight excluding hydrogens is 182 g/mol. The lowest BCUT2D eigenvalue weighted by molar-refractivity contribution is -0.136. The van der Waals surface area contributed by atoms with Gasteiger partial charge in [0, 0.05) is 6.42 Å². The minimum Gasteiger partial charge on any atom is -0.481 e. The van der Waals surface area contributed by atoms with Gasteiger partial charge in [0.25, 0.3) is 0 Å². The van der Waals surface area contributed by atoms with Crippen molar-refractivity contribution in [1.29, 1.82) is 0 Å². The molecule has 0 aliphatic carbocycles. The van der Waals surface area contributed by atoms with E-state index in [1.54, 1.807) is 24.3 Å². The summed E-state index contributed by atoms with van der Waals surface area (Å²) in [6, 6.07) is 6.86. The minimum atomic E-state index is -0.839. The lowest BCUT2D eigenvalue weighted by Crippen LogP contribution is -1.96. The van der Waals surface area contributed by atoms with Crippen LogP contribution in [0, 0.1) is 0 Å². The summed E-state index contributed by atoms with van der Waals surface area (Å²) in [7, 11) is 0. The number of hydrogen-bond donors (Lipinski definition) is 1. The zero-order valence-electron chi connectivity index (χ0n) is 7.43. The van der Waals surface area contributed by atoms with Crippen LogP contribution < -0.4 is 0 Å². The molecule has 0 aliphatic heterocycles. The molecule has 1 aromatic carbocycles. The molecule has 0 heterocycles. The largest absolute Gasteiger partial charge is 0.481 e. The standard InChI is InChI=1S/C10H9NO3/c12-7-11-9-3-1-2-8(6-9)4-5-10(13)14/h1-3,6H,4-5H2,(H,13,14). The van der Waals surface area contributed by atoms with Crippen LogP contribution >= 0.6 is 0 Å². The van der Waals surface area contributed by atoms with E-state index in [9.17, 15) is 9.59 Å². The fraction of sp³-hybridized carbons (Fsp3) is 0.200. The smallest absolute Gasteiger partial charge is 0.303 e. The summed E-state index contributed by atoms with van der Waals surface area (Å²) >= 11 is 0. The topological polar surface area (TPSA) is 66.7 Å². The van der Waals surface area contributed by atoms with Crippen LogP contribution in [-0.2, 0) is 16.0 Å². The molecule has 0 saturated carbocycles. The second-order valence-electron chi connectivity index (χ2n) is 2.77. The summed E-state index contributed by atoms with van der Waals surface area (Å²) < 4.78 is 0. The summed E-state index contributed by atoms with van der Waals surface area (Å²) in [5.74, 6) is -0.839. The van der Waals surface area contributed by atoms with E-state index in [2.05, 4.69) is 4.99 Å². The quantitative estimate of drug-likeness (QED) is 0.581. The van der Waals surface area contributed by atoms with Crippen molar-refractivity contribution < 1.29 is 14.7 Å². The lowest BCUT2D eigenvalue weighted by Gasteiger charge is -1.98. The first kappa shape index (κ1) is 10.2. The van der Waals surface area contributed by atoms with Gasteiger partial charge in [-0.3, -0.25) is 4.79 Å². The van der Waals surface area contributed by atoms with Gasteiger partial charge in [0.2, 0.25) is 6.08 Å². The Morgan fingerprint density at radius 1 is 1.50 bits per heavy atom. The number of isocyanates is 1. The van der Waals surface area contributed by atoms with Gasteiger partial charge in [-0.25, -0.2) is 4.79 Å². The van der Waals surface area contributed by atoms with Gasteiger partial charge >= 0.3 is 5.97 Å². The molecule has 1 N–H and O–H groups in total. The summed E-state index contributed by atoms with van der Waals surface area (Å²) in [5.41, 5.74) is 1.35. The molecule has 1 rings (SSSR count). The van der Waals surface area contributed by atoms with E-state index in [1.165, 1.54) is 6.08 Å². The molecule has 72 valence electrons. The van der Waals surface area contributed by atoms with Crippen molar-refractivity contribution in [3.05, 3.63) is 29.8 Å². The van der Waals surface area contributed by atoms with E-state index in [4.69, 9.17) is 5.11 Å². The van der Waals surface area contributed by atoms with Crippen LogP contribution in [0.1, 0.15) is 12.0 Å². The SMILES string of the molecule is O=C=Nc1cccc(CCC(=O)O)c1. The van der Waals surface area contributed by atoms with Crippen LogP contribution in [0.5, 0.6) is 0 Å². The van der Waals surface area contributed by atoms with Crippen LogP contribution in [0.3, 0.4) is 0 Å². The first-order valence-corrected chi connectivity index (χ1v) is 4.11. The van der Waals surface area contributed by atoms with Gasteiger partial charge in [-0.05, 0) is 24.1 Å². The van der Waals surface area contributed by atoms with E-state index < -0.39 is 5.97 Å². The second-order valence-corrected chi connectivity index (χ2v) is 2.77. The zero-order chi connectivity index (χ0) is 10.4. The highest BCUT2D eigenvalue weighted by Gasteiger charge is 1.99. The van der Waals surface area contributed by atoms with Gasteiger partial charge in [-0.2, -0.15) is 4.99 Å². The van der Waals surface area contributed by atoms with Crippen LogP contribution in [0.2, 0.25) is 0 Å². The Balaban J connectivity index is 2.73. The third-order valence-corrected chi connectivity index (χ3v) is 1.71. The highest BCUT2D eigenvalue weighted by Crippen LogP contribution is 2.14. The predicted octanol–water partition coefficient (Wildman–Crippen LogP) is 1.67. The van der Waals surface area contributed by atoms with E-state index in [0.717, 1.165) is 5.56 Å². The average molecular weight is 191 g/mol. The maximum atomic E-state index is 10.3. The van der Waals surface area contributed by atoms with Crippen molar-refractivity contribution in [3.63, 3.8) is 0 Å². The van der Waals surface area contributed by atoms with Crippen LogP contribution in [0.4, 0.5) is 5.69 Å². The van der Waals surface area contributed by atoms with Crippen molar-refractivity contribution >= 4 is 17.7 Å². The molecule has 0 bridgehead atoms. The van der Waals surface area contributed by atoms with Crippen LogP contribution in [-0.4, -0.2) is 17.2 Å². The van der Waals surface area contributed by atoms with Gasteiger partial charge in [0.15, 0.2) is 0 Å². The fourth-order valence-electron chi connectivity index (χ4n) is 1.09. The highest BCUT2D eigenvalue weighted by atomic mass is 16.4. The van der Waals surface area contributed by atoms with E-state index in [-0.39, 0.29) is 6.42 Å². The summed E-state index contributed by atoms with van der Waals surface area (Å²) in [4.78, 5) is 23.7. The Bertz CT molecular complexity index is 381. The number of rotatable bonds is 4. The second kappa shape index (κ2) is 4.94. The third kappa shape index (κ3) is 3.21. The van der Waals surface area contributed by atoms with E-state index in [1.807, 2.05) is 0 Å². The van der Waals surface area contributed by atoms with Crippen LogP contribution in [0.25, 0.3) is 0 Å². The number of aliphatic carboxylic acids is 1. The number of carboxylic acid groups (broad SMARTS) is 1. The fourth-order valence-corrected chi connectivity index (χ4v) is 1.09. The summed E-state index contributed by atoms with van der Waals surface area (Å²) in [5, 5.41) is 8.46. The number of nitrogens with zero attached hydrogens (tertiary/aromatic N) is 1. The molecule has 0 aliphatic rings. The number of carbonyl (C=O) groups excluding carboxylic acids is 1. The maximum absolute atomic E-state index is 10.3. The molecule has 0 saturated heterocycles. The Labute approximate surface area is 80.9 Å². The van der Waals surface area contributed by atoms with Crippen molar-refractivity contribution in [1.82, 2.24) is 0 Å². The monoisotopic (exact) mass is 191 g/mol. The van der Waals surface area contributed by atoms with Crippen molar-refractivity contribution in [2.45, 2.75) is 12.8 Å². The Hall–Kier alpha value is -1.93. The Kier molecular flexibility index (Phi) is 3.58. The molecule has 0 radical (unpaired) electrons. The molecule has 14 heavy (non-hydrogen) atoms. The normalized spacial score (nSPS) is 9.14. The van der Waals surface area contributed by atoms with Crippen LogP contribution in [0.15, 0.2) is 29.3 Å². The number of aryl methyl sites for hydroxylation is 1. The molecule has 0 atom stereocenters. The van der Waals surface area contributed by atoms with Crippen molar-refractivity contribution in [2.24, 2.45) is 4.99 Å². The molecular formula is C10H9NO3. The molecule has 0 unspecified atom stereocenters.